The Kier molecular flexibility index (Phi) is 7.09. The Morgan fingerprint density at radius 3 is 2.07 bits per heavy atom. The quantitative estimate of drug-likeness (QED) is 0.687. The Hall–Kier alpha value is -1.48. The molecule has 1 atom stereocenters. The van der Waals surface area contributed by atoms with Crippen molar-refractivity contribution < 1.29 is 13.2 Å². The third kappa shape index (κ3) is 4.40. The molecule has 2 fully saturated rings. The summed E-state index contributed by atoms with van der Waals surface area (Å²) >= 11 is 0. The van der Waals surface area contributed by atoms with E-state index in [-0.39, 0.29) is 11.9 Å². The Balaban J connectivity index is 1.75. The summed E-state index contributed by atoms with van der Waals surface area (Å²) in [5.74, 6) is 0.142. The van der Waals surface area contributed by atoms with Crippen LogP contribution >= 0.6 is 0 Å². The van der Waals surface area contributed by atoms with Gasteiger partial charge in [-0.25, -0.2) is 0 Å². The summed E-state index contributed by atoms with van der Waals surface area (Å²) in [7, 11) is -3.43. The van der Waals surface area contributed by atoms with Crippen LogP contribution in [-0.4, -0.2) is 85.1 Å². The maximum atomic E-state index is 13.3. The molecule has 1 aromatic carbocycles. The third-order valence-electron chi connectivity index (χ3n) is 5.76. The van der Waals surface area contributed by atoms with E-state index in [0.717, 1.165) is 31.5 Å². The van der Waals surface area contributed by atoms with Crippen molar-refractivity contribution in [3.63, 3.8) is 0 Å². The van der Waals surface area contributed by atoms with E-state index in [1.165, 1.54) is 4.31 Å². The highest BCUT2D eigenvalue weighted by Gasteiger charge is 2.37. The van der Waals surface area contributed by atoms with Crippen molar-refractivity contribution >= 4 is 16.1 Å². The van der Waals surface area contributed by atoms with Crippen molar-refractivity contribution in [3.05, 3.63) is 35.9 Å². The first-order chi connectivity index (χ1) is 13.5. The number of carbonyl (C=O) groups excluding carboxylic acids is 1. The summed E-state index contributed by atoms with van der Waals surface area (Å²) < 4.78 is 28.6. The van der Waals surface area contributed by atoms with Gasteiger partial charge in [0.2, 0.25) is 5.91 Å². The van der Waals surface area contributed by atoms with E-state index < -0.39 is 10.2 Å². The first kappa shape index (κ1) is 21.2. The van der Waals surface area contributed by atoms with Crippen molar-refractivity contribution in [2.75, 3.05) is 52.4 Å². The maximum absolute atomic E-state index is 13.3. The summed E-state index contributed by atoms with van der Waals surface area (Å²) in [4.78, 5) is 17.4. The molecule has 1 amide bonds. The van der Waals surface area contributed by atoms with Crippen LogP contribution in [0.2, 0.25) is 0 Å². The van der Waals surface area contributed by atoms with Gasteiger partial charge < -0.3 is 4.90 Å². The van der Waals surface area contributed by atoms with Gasteiger partial charge in [-0.1, -0.05) is 44.2 Å². The van der Waals surface area contributed by atoms with Gasteiger partial charge in [-0.05, 0) is 18.4 Å². The first-order valence-corrected chi connectivity index (χ1v) is 11.7. The molecule has 2 heterocycles. The predicted molar refractivity (Wildman–Crippen MR) is 110 cm³/mol. The van der Waals surface area contributed by atoms with Crippen LogP contribution in [0.4, 0.5) is 0 Å². The summed E-state index contributed by atoms with van der Waals surface area (Å²) in [6, 6.07) is 9.53. The van der Waals surface area contributed by atoms with Crippen LogP contribution in [0, 0.1) is 0 Å². The van der Waals surface area contributed by atoms with Crippen molar-refractivity contribution in [1.82, 2.24) is 18.4 Å². The SMILES string of the molecule is CCN(CC)S(=O)(=O)N1CCN(C(C(=O)N2CCCC2)c2ccccc2)CC1. The van der Waals surface area contributed by atoms with E-state index >= 15 is 0 Å². The molecule has 0 aliphatic carbocycles. The fourth-order valence-corrected chi connectivity index (χ4v) is 5.76. The number of amides is 1. The molecule has 0 spiro atoms. The van der Waals surface area contributed by atoms with E-state index in [2.05, 4.69) is 4.90 Å². The zero-order chi connectivity index (χ0) is 20.1. The molecule has 156 valence electrons. The summed E-state index contributed by atoms with van der Waals surface area (Å²) in [6.45, 7) is 8.23. The van der Waals surface area contributed by atoms with Crippen molar-refractivity contribution in [2.45, 2.75) is 32.7 Å². The van der Waals surface area contributed by atoms with Gasteiger partial charge >= 0.3 is 0 Å². The van der Waals surface area contributed by atoms with E-state index in [1.807, 2.05) is 49.1 Å². The number of rotatable bonds is 7. The summed E-state index contributed by atoms with van der Waals surface area (Å²) in [5, 5.41) is 0. The molecule has 0 radical (unpaired) electrons. The predicted octanol–water partition coefficient (Wildman–Crippen LogP) is 1.55. The minimum Gasteiger partial charge on any atom is -0.341 e. The maximum Gasteiger partial charge on any atom is 0.282 e. The Bertz CT molecular complexity index is 738. The van der Waals surface area contributed by atoms with Crippen LogP contribution in [0.25, 0.3) is 0 Å². The number of likely N-dealkylation sites (tertiary alicyclic amines) is 1. The summed E-state index contributed by atoms with van der Waals surface area (Å²) in [5.41, 5.74) is 0.986. The van der Waals surface area contributed by atoms with E-state index in [0.29, 0.717) is 39.3 Å². The topological polar surface area (TPSA) is 64.2 Å². The fourth-order valence-electron chi connectivity index (χ4n) is 4.16. The standard InChI is InChI=1S/C20H32N4O3S/c1-3-23(4-2)28(26,27)24-16-14-21(15-17-24)19(18-10-6-5-7-11-18)20(25)22-12-8-9-13-22/h5-7,10-11,19H,3-4,8-9,12-17H2,1-2H3. The molecule has 28 heavy (non-hydrogen) atoms. The molecular weight excluding hydrogens is 376 g/mol. The first-order valence-electron chi connectivity index (χ1n) is 10.3. The van der Waals surface area contributed by atoms with Crippen LogP contribution < -0.4 is 0 Å². The van der Waals surface area contributed by atoms with Crippen LogP contribution in [0.3, 0.4) is 0 Å². The minimum absolute atomic E-state index is 0.142. The molecule has 0 bridgehead atoms. The molecule has 8 heteroatoms. The van der Waals surface area contributed by atoms with E-state index in [4.69, 9.17) is 0 Å². The number of benzene rings is 1. The van der Waals surface area contributed by atoms with Gasteiger partial charge in [-0.2, -0.15) is 17.0 Å². The molecule has 2 aliphatic rings. The lowest BCUT2D eigenvalue weighted by atomic mass is 10.0. The van der Waals surface area contributed by atoms with Crippen molar-refractivity contribution in [1.29, 1.82) is 0 Å². The number of nitrogens with zero attached hydrogens (tertiary/aromatic N) is 4. The van der Waals surface area contributed by atoms with Gasteiger partial charge in [-0.3, -0.25) is 9.69 Å². The Morgan fingerprint density at radius 2 is 1.54 bits per heavy atom. The number of carbonyl (C=O) groups is 1. The highest BCUT2D eigenvalue weighted by atomic mass is 32.2. The van der Waals surface area contributed by atoms with Crippen LogP contribution in [-0.2, 0) is 15.0 Å². The van der Waals surface area contributed by atoms with E-state index in [1.54, 1.807) is 4.31 Å². The molecule has 7 nitrogen and oxygen atoms in total. The Labute approximate surface area is 169 Å². The zero-order valence-electron chi connectivity index (χ0n) is 17.0. The lowest BCUT2D eigenvalue weighted by Gasteiger charge is -2.40. The molecule has 0 N–H and O–H groups in total. The number of hydrogen-bond donors (Lipinski definition) is 0. The van der Waals surface area contributed by atoms with Gasteiger partial charge in [0.05, 0.1) is 0 Å². The van der Waals surface area contributed by atoms with Crippen LogP contribution in [0.1, 0.15) is 38.3 Å². The van der Waals surface area contributed by atoms with E-state index in [9.17, 15) is 13.2 Å². The molecule has 0 saturated carbocycles. The average molecular weight is 409 g/mol. The lowest BCUT2D eigenvalue weighted by molar-refractivity contribution is -0.136. The Morgan fingerprint density at radius 1 is 0.964 bits per heavy atom. The fraction of sp³-hybridized carbons (Fsp3) is 0.650. The zero-order valence-corrected chi connectivity index (χ0v) is 17.8. The number of hydrogen-bond acceptors (Lipinski definition) is 4. The second-order valence-electron chi connectivity index (χ2n) is 7.37. The molecule has 0 aromatic heterocycles. The molecular formula is C20H32N4O3S. The monoisotopic (exact) mass is 408 g/mol. The number of piperazine rings is 1. The highest BCUT2D eigenvalue weighted by Crippen LogP contribution is 2.27. The molecule has 3 rings (SSSR count). The van der Waals surface area contributed by atoms with Gasteiger partial charge in [0.1, 0.15) is 6.04 Å². The minimum atomic E-state index is -3.43. The highest BCUT2D eigenvalue weighted by molar-refractivity contribution is 7.86. The van der Waals surface area contributed by atoms with Crippen LogP contribution in [0.15, 0.2) is 30.3 Å². The van der Waals surface area contributed by atoms with Gasteiger partial charge in [-0.15, -0.1) is 0 Å². The smallest absolute Gasteiger partial charge is 0.282 e. The molecule has 1 unspecified atom stereocenters. The van der Waals surface area contributed by atoms with Gasteiger partial charge in [0.15, 0.2) is 0 Å². The van der Waals surface area contributed by atoms with Crippen molar-refractivity contribution in [2.24, 2.45) is 0 Å². The molecule has 2 aliphatic heterocycles. The normalized spacial score (nSPS) is 20.6. The third-order valence-corrected chi connectivity index (χ3v) is 7.95. The molecule has 2 saturated heterocycles. The lowest BCUT2D eigenvalue weighted by Crippen LogP contribution is -2.55. The second-order valence-corrected chi connectivity index (χ2v) is 9.30. The van der Waals surface area contributed by atoms with Gasteiger partial charge in [0.25, 0.3) is 10.2 Å². The summed E-state index contributed by atoms with van der Waals surface area (Å²) in [6.07, 6.45) is 2.12. The van der Waals surface area contributed by atoms with Crippen LogP contribution in [0.5, 0.6) is 0 Å². The molecule has 1 aromatic rings. The largest absolute Gasteiger partial charge is 0.341 e. The average Bonchev–Trinajstić information content (AvgIpc) is 3.25. The van der Waals surface area contributed by atoms with Gasteiger partial charge in [0, 0.05) is 52.4 Å². The van der Waals surface area contributed by atoms with Crippen molar-refractivity contribution in [3.8, 4) is 0 Å². The second kappa shape index (κ2) is 9.35.